The first kappa shape index (κ1) is 26.6. The molecule has 164 valence electrons. The van der Waals surface area contributed by atoms with Crippen molar-refractivity contribution in [3.05, 3.63) is 12.7 Å². The summed E-state index contributed by atoms with van der Waals surface area (Å²) < 4.78 is 15.1. The molecule has 0 radical (unpaired) electrons. The summed E-state index contributed by atoms with van der Waals surface area (Å²) in [5.41, 5.74) is 0. The lowest BCUT2D eigenvalue weighted by molar-refractivity contribution is -0.145. The third-order valence-electron chi connectivity index (χ3n) is 4.61. The fourth-order valence-electron chi connectivity index (χ4n) is 2.94. The van der Waals surface area contributed by atoms with Gasteiger partial charge in [0.05, 0.1) is 13.2 Å². The van der Waals surface area contributed by atoms with Crippen LogP contribution in [0.5, 0.6) is 0 Å². The second kappa shape index (κ2) is 21.9. The van der Waals surface area contributed by atoms with Gasteiger partial charge in [-0.1, -0.05) is 90.6 Å². The molecule has 0 unspecified atom stereocenters. The lowest BCUT2D eigenvalue weighted by atomic mass is 10.0. The SMILES string of the molecule is C=CC(=O)OCCOCCOC(=O)CCCCCCCCCCCCCCC. The molecule has 0 amide bonds. The van der Waals surface area contributed by atoms with Crippen LogP contribution in [-0.4, -0.2) is 38.4 Å². The van der Waals surface area contributed by atoms with Gasteiger partial charge >= 0.3 is 11.9 Å². The molecule has 0 aliphatic heterocycles. The summed E-state index contributed by atoms with van der Waals surface area (Å²) in [6, 6.07) is 0. The summed E-state index contributed by atoms with van der Waals surface area (Å²) in [5.74, 6) is -0.627. The summed E-state index contributed by atoms with van der Waals surface area (Å²) in [7, 11) is 0. The highest BCUT2D eigenvalue weighted by molar-refractivity contribution is 5.81. The Morgan fingerprint density at radius 2 is 1.14 bits per heavy atom. The lowest BCUT2D eigenvalue weighted by Crippen LogP contribution is -2.13. The number of carbonyl (C=O) groups is 2. The molecule has 0 N–H and O–H groups in total. The van der Waals surface area contributed by atoms with Crippen LogP contribution >= 0.6 is 0 Å². The average Bonchev–Trinajstić information content (AvgIpc) is 2.70. The minimum absolute atomic E-state index is 0.162. The van der Waals surface area contributed by atoms with Crippen molar-refractivity contribution >= 4 is 11.9 Å². The summed E-state index contributed by atoms with van der Waals surface area (Å²) in [4.78, 5) is 22.4. The van der Waals surface area contributed by atoms with Gasteiger partial charge in [0, 0.05) is 12.5 Å². The molecule has 0 bridgehead atoms. The number of hydrogen-bond donors (Lipinski definition) is 0. The Kier molecular flexibility index (Phi) is 20.9. The molecule has 5 heteroatoms. The van der Waals surface area contributed by atoms with Gasteiger partial charge < -0.3 is 14.2 Å². The molecule has 0 aromatic rings. The van der Waals surface area contributed by atoms with Gasteiger partial charge in [0.15, 0.2) is 0 Å². The van der Waals surface area contributed by atoms with E-state index in [2.05, 4.69) is 13.5 Å². The van der Waals surface area contributed by atoms with E-state index in [0.29, 0.717) is 13.0 Å². The molecule has 0 fully saturated rings. The second-order valence-electron chi connectivity index (χ2n) is 7.20. The number of esters is 2. The lowest BCUT2D eigenvalue weighted by Gasteiger charge is -2.06. The first-order valence-electron chi connectivity index (χ1n) is 11.2. The minimum Gasteiger partial charge on any atom is -0.463 e. The molecular weight excluding hydrogens is 356 g/mol. The first-order valence-corrected chi connectivity index (χ1v) is 11.2. The number of hydrogen-bond acceptors (Lipinski definition) is 5. The second-order valence-corrected chi connectivity index (χ2v) is 7.20. The summed E-state index contributed by atoms with van der Waals surface area (Å²) in [6.07, 6.45) is 18.4. The van der Waals surface area contributed by atoms with E-state index in [9.17, 15) is 9.59 Å². The van der Waals surface area contributed by atoms with Crippen molar-refractivity contribution in [1.29, 1.82) is 0 Å². The maximum atomic E-state index is 11.6. The zero-order valence-corrected chi connectivity index (χ0v) is 18.1. The van der Waals surface area contributed by atoms with Crippen LogP contribution in [0.25, 0.3) is 0 Å². The van der Waals surface area contributed by atoms with Crippen LogP contribution in [0.4, 0.5) is 0 Å². The normalized spacial score (nSPS) is 10.6. The largest absolute Gasteiger partial charge is 0.463 e. The molecule has 0 aromatic carbocycles. The van der Waals surface area contributed by atoms with Crippen molar-refractivity contribution in [2.24, 2.45) is 0 Å². The Labute approximate surface area is 172 Å². The van der Waals surface area contributed by atoms with Gasteiger partial charge in [-0.15, -0.1) is 0 Å². The summed E-state index contributed by atoms with van der Waals surface area (Å²) in [5, 5.41) is 0. The quantitative estimate of drug-likeness (QED) is 0.140. The van der Waals surface area contributed by atoms with Crippen molar-refractivity contribution in [1.82, 2.24) is 0 Å². The van der Waals surface area contributed by atoms with E-state index in [-0.39, 0.29) is 25.8 Å². The van der Waals surface area contributed by atoms with Crippen molar-refractivity contribution in [2.75, 3.05) is 26.4 Å². The Balaban J connectivity index is 3.19. The maximum Gasteiger partial charge on any atom is 0.330 e. The molecule has 0 saturated heterocycles. The van der Waals surface area contributed by atoms with Crippen molar-refractivity contribution in [2.45, 2.75) is 96.8 Å². The monoisotopic (exact) mass is 398 g/mol. The Morgan fingerprint density at radius 1 is 0.679 bits per heavy atom. The topological polar surface area (TPSA) is 61.8 Å². The third-order valence-corrected chi connectivity index (χ3v) is 4.61. The first-order chi connectivity index (χ1) is 13.7. The van der Waals surface area contributed by atoms with Gasteiger partial charge in [-0.25, -0.2) is 4.79 Å². The molecule has 0 heterocycles. The molecule has 0 saturated carbocycles. The predicted octanol–water partition coefficient (Wildman–Crippen LogP) is 5.76. The fourth-order valence-corrected chi connectivity index (χ4v) is 2.94. The molecule has 0 atom stereocenters. The molecular formula is C23H42O5. The molecule has 28 heavy (non-hydrogen) atoms. The van der Waals surface area contributed by atoms with Crippen LogP contribution in [0.15, 0.2) is 12.7 Å². The average molecular weight is 399 g/mol. The zero-order chi connectivity index (χ0) is 20.7. The highest BCUT2D eigenvalue weighted by Crippen LogP contribution is 2.13. The summed E-state index contributed by atoms with van der Waals surface area (Å²) in [6.45, 7) is 6.58. The highest BCUT2D eigenvalue weighted by atomic mass is 16.6. The zero-order valence-electron chi connectivity index (χ0n) is 18.1. The van der Waals surface area contributed by atoms with Crippen LogP contribution in [0.2, 0.25) is 0 Å². The molecule has 0 aliphatic rings. The standard InChI is InChI=1S/C23H42O5/c1-3-5-6-7-8-9-10-11-12-13-14-15-16-17-23(25)28-21-19-26-18-20-27-22(24)4-2/h4H,2-3,5-21H2,1H3. The molecule has 5 nitrogen and oxygen atoms in total. The van der Waals surface area contributed by atoms with Gasteiger partial charge in [0.2, 0.25) is 0 Å². The number of carbonyl (C=O) groups excluding carboxylic acids is 2. The Hall–Kier alpha value is -1.36. The number of ether oxygens (including phenoxy) is 3. The maximum absolute atomic E-state index is 11.6. The van der Waals surface area contributed by atoms with Gasteiger partial charge in [0.25, 0.3) is 0 Å². The van der Waals surface area contributed by atoms with Crippen LogP contribution in [0.1, 0.15) is 96.8 Å². The Bertz CT molecular complexity index is 381. The molecule has 0 aliphatic carbocycles. The van der Waals surface area contributed by atoms with Crippen molar-refractivity contribution in [3.8, 4) is 0 Å². The number of unbranched alkanes of at least 4 members (excludes halogenated alkanes) is 12. The summed E-state index contributed by atoms with van der Waals surface area (Å²) >= 11 is 0. The van der Waals surface area contributed by atoms with Gasteiger partial charge in [-0.2, -0.15) is 0 Å². The number of rotatable bonds is 21. The van der Waals surface area contributed by atoms with Crippen LogP contribution < -0.4 is 0 Å². The van der Waals surface area contributed by atoms with E-state index >= 15 is 0 Å². The van der Waals surface area contributed by atoms with Gasteiger partial charge in [-0.05, 0) is 6.42 Å². The predicted molar refractivity (Wildman–Crippen MR) is 113 cm³/mol. The third kappa shape index (κ3) is 20.9. The van der Waals surface area contributed by atoms with E-state index in [4.69, 9.17) is 14.2 Å². The van der Waals surface area contributed by atoms with Crippen molar-refractivity contribution < 1.29 is 23.8 Å². The van der Waals surface area contributed by atoms with Gasteiger partial charge in [0.1, 0.15) is 13.2 Å². The van der Waals surface area contributed by atoms with E-state index < -0.39 is 5.97 Å². The molecule has 0 aromatic heterocycles. The van der Waals surface area contributed by atoms with E-state index in [1.165, 1.54) is 70.6 Å². The van der Waals surface area contributed by atoms with Crippen molar-refractivity contribution in [3.63, 3.8) is 0 Å². The fraction of sp³-hybridized carbons (Fsp3) is 0.826. The Morgan fingerprint density at radius 3 is 1.64 bits per heavy atom. The van der Waals surface area contributed by atoms with E-state index in [1.807, 2.05) is 0 Å². The molecule has 0 rings (SSSR count). The highest BCUT2D eigenvalue weighted by Gasteiger charge is 2.03. The minimum atomic E-state index is -0.465. The molecule has 0 spiro atoms. The van der Waals surface area contributed by atoms with Crippen LogP contribution in [-0.2, 0) is 23.8 Å². The van der Waals surface area contributed by atoms with Gasteiger partial charge in [-0.3, -0.25) is 4.79 Å². The van der Waals surface area contributed by atoms with Crippen LogP contribution in [0, 0.1) is 0 Å². The van der Waals surface area contributed by atoms with E-state index in [1.54, 1.807) is 0 Å². The van der Waals surface area contributed by atoms with Crippen LogP contribution in [0.3, 0.4) is 0 Å². The smallest absolute Gasteiger partial charge is 0.330 e. The van der Waals surface area contributed by atoms with E-state index in [0.717, 1.165) is 18.9 Å².